The maximum Gasteiger partial charge on any atom is 0.260 e. The summed E-state index contributed by atoms with van der Waals surface area (Å²) in [7, 11) is 0. The summed E-state index contributed by atoms with van der Waals surface area (Å²) in [5, 5.41) is 3.30. The van der Waals surface area contributed by atoms with Crippen LogP contribution in [0.15, 0.2) is 30.5 Å². The molecule has 98 valence electrons. The van der Waals surface area contributed by atoms with Gasteiger partial charge < -0.3 is 5.32 Å². The van der Waals surface area contributed by atoms with Crippen molar-refractivity contribution in [2.45, 2.75) is 6.92 Å². The third-order valence-electron chi connectivity index (χ3n) is 2.50. The predicted octanol–water partition coefficient (Wildman–Crippen LogP) is 4.09. The van der Waals surface area contributed by atoms with Gasteiger partial charge >= 0.3 is 0 Å². The fourth-order valence-electron chi connectivity index (χ4n) is 1.49. The van der Waals surface area contributed by atoms with Gasteiger partial charge in [0.05, 0.1) is 16.3 Å². The maximum atomic E-state index is 13.4. The van der Waals surface area contributed by atoms with Crippen molar-refractivity contribution in [1.29, 1.82) is 0 Å². The average molecular weight is 299 g/mol. The standard InChI is InChI=1S/C13H9Cl2FN2O/c1-7-5-10(15)11(6-9(7)14)18-13(19)8-3-2-4-17-12(8)16/h2-6H,1H3,(H,18,19). The molecular formula is C13H9Cl2FN2O. The van der Waals surface area contributed by atoms with E-state index in [0.717, 1.165) is 5.56 Å². The van der Waals surface area contributed by atoms with E-state index in [-0.39, 0.29) is 5.56 Å². The van der Waals surface area contributed by atoms with Crippen molar-refractivity contribution in [2.24, 2.45) is 0 Å². The molecule has 6 heteroatoms. The zero-order valence-electron chi connectivity index (χ0n) is 9.88. The molecule has 0 fully saturated rings. The van der Waals surface area contributed by atoms with Crippen LogP contribution in [0, 0.1) is 12.9 Å². The summed E-state index contributed by atoms with van der Waals surface area (Å²) in [5.41, 5.74) is 0.956. The maximum absolute atomic E-state index is 13.4. The smallest absolute Gasteiger partial charge is 0.260 e. The molecule has 2 aromatic rings. The minimum atomic E-state index is -0.839. The van der Waals surface area contributed by atoms with Crippen molar-refractivity contribution in [3.05, 3.63) is 57.6 Å². The third kappa shape index (κ3) is 3.03. The first kappa shape index (κ1) is 13.8. The van der Waals surface area contributed by atoms with E-state index in [4.69, 9.17) is 23.2 Å². The van der Waals surface area contributed by atoms with E-state index >= 15 is 0 Å². The van der Waals surface area contributed by atoms with Crippen LogP contribution in [0.2, 0.25) is 10.0 Å². The van der Waals surface area contributed by atoms with Gasteiger partial charge in [0, 0.05) is 11.2 Å². The number of hydrogen-bond donors (Lipinski definition) is 1. The Morgan fingerprint density at radius 1 is 1.32 bits per heavy atom. The molecule has 19 heavy (non-hydrogen) atoms. The van der Waals surface area contributed by atoms with E-state index in [1.807, 2.05) is 0 Å². The van der Waals surface area contributed by atoms with Crippen molar-refractivity contribution in [1.82, 2.24) is 4.98 Å². The molecule has 0 spiro atoms. The van der Waals surface area contributed by atoms with E-state index in [9.17, 15) is 9.18 Å². The summed E-state index contributed by atoms with van der Waals surface area (Å²) in [6, 6.07) is 5.95. The van der Waals surface area contributed by atoms with E-state index in [0.29, 0.717) is 15.7 Å². The molecule has 1 aromatic heterocycles. The van der Waals surface area contributed by atoms with Crippen LogP contribution in [-0.2, 0) is 0 Å². The number of nitrogens with zero attached hydrogens (tertiary/aromatic N) is 1. The average Bonchev–Trinajstić information content (AvgIpc) is 2.36. The molecule has 1 amide bonds. The third-order valence-corrected chi connectivity index (χ3v) is 3.22. The molecule has 0 aliphatic carbocycles. The SMILES string of the molecule is Cc1cc(Cl)c(NC(=O)c2cccnc2F)cc1Cl. The highest BCUT2D eigenvalue weighted by Gasteiger charge is 2.14. The van der Waals surface area contributed by atoms with Crippen molar-refractivity contribution >= 4 is 34.8 Å². The molecule has 0 saturated heterocycles. The van der Waals surface area contributed by atoms with E-state index in [1.165, 1.54) is 24.4 Å². The van der Waals surface area contributed by atoms with Gasteiger partial charge in [-0.3, -0.25) is 4.79 Å². The summed E-state index contributed by atoms with van der Waals surface area (Å²) in [5.74, 6) is -1.47. The van der Waals surface area contributed by atoms with Crippen molar-refractivity contribution in [2.75, 3.05) is 5.32 Å². The highest BCUT2D eigenvalue weighted by Crippen LogP contribution is 2.29. The fraction of sp³-hybridized carbons (Fsp3) is 0.0769. The van der Waals surface area contributed by atoms with E-state index < -0.39 is 11.9 Å². The second kappa shape index (κ2) is 5.55. The van der Waals surface area contributed by atoms with E-state index in [2.05, 4.69) is 10.3 Å². The minimum Gasteiger partial charge on any atom is -0.320 e. The quantitative estimate of drug-likeness (QED) is 0.849. The van der Waals surface area contributed by atoms with Gasteiger partial charge in [-0.1, -0.05) is 23.2 Å². The Morgan fingerprint density at radius 2 is 2.05 bits per heavy atom. The van der Waals surface area contributed by atoms with Crippen LogP contribution in [0.5, 0.6) is 0 Å². The monoisotopic (exact) mass is 298 g/mol. The van der Waals surface area contributed by atoms with Gasteiger partial charge in [0.2, 0.25) is 5.95 Å². The number of carbonyl (C=O) groups excluding carboxylic acids is 1. The number of nitrogens with one attached hydrogen (secondary N) is 1. The van der Waals surface area contributed by atoms with Gasteiger partial charge in [-0.15, -0.1) is 0 Å². The van der Waals surface area contributed by atoms with Crippen LogP contribution >= 0.6 is 23.2 Å². The number of aromatic nitrogens is 1. The molecule has 1 heterocycles. The van der Waals surface area contributed by atoms with Gasteiger partial charge in [-0.2, -0.15) is 4.39 Å². The molecule has 0 saturated carbocycles. The lowest BCUT2D eigenvalue weighted by Gasteiger charge is -2.09. The minimum absolute atomic E-state index is 0.157. The van der Waals surface area contributed by atoms with Crippen molar-refractivity contribution in [3.63, 3.8) is 0 Å². The Kier molecular flexibility index (Phi) is 4.02. The highest BCUT2D eigenvalue weighted by atomic mass is 35.5. The number of hydrogen-bond acceptors (Lipinski definition) is 2. The number of anilines is 1. The molecule has 0 bridgehead atoms. The van der Waals surface area contributed by atoms with Crippen molar-refractivity contribution in [3.8, 4) is 0 Å². The number of aryl methyl sites for hydroxylation is 1. The molecule has 0 atom stereocenters. The summed E-state index contributed by atoms with van der Waals surface area (Å²) in [4.78, 5) is 15.3. The normalized spacial score (nSPS) is 10.3. The number of halogens is 3. The molecule has 1 aromatic carbocycles. The first-order valence-corrected chi connectivity index (χ1v) is 6.12. The number of rotatable bonds is 2. The second-order valence-electron chi connectivity index (χ2n) is 3.88. The molecule has 0 aliphatic rings. The Balaban J connectivity index is 2.30. The summed E-state index contributed by atoms with van der Waals surface area (Å²) in [6.07, 6.45) is 1.27. The van der Waals surface area contributed by atoms with Gasteiger partial charge in [0.15, 0.2) is 0 Å². The Hall–Kier alpha value is -1.65. The molecule has 0 aliphatic heterocycles. The molecular weight excluding hydrogens is 290 g/mol. The molecule has 1 N–H and O–H groups in total. The number of benzene rings is 1. The molecule has 2 rings (SSSR count). The zero-order valence-corrected chi connectivity index (χ0v) is 11.4. The first-order valence-electron chi connectivity index (χ1n) is 5.36. The van der Waals surface area contributed by atoms with Gasteiger partial charge in [-0.25, -0.2) is 4.98 Å². The highest BCUT2D eigenvalue weighted by molar-refractivity contribution is 6.36. The molecule has 0 unspecified atom stereocenters. The van der Waals surface area contributed by atoms with Crippen LogP contribution in [-0.4, -0.2) is 10.9 Å². The number of carbonyl (C=O) groups is 1. The lowest BCUT2D eigenvalue weighted by Crippen LogP contribution is -2.14. The second-order valence-corrected chi connectivity index (χ2v) is 4.69. The summed E-state index contributed by atoms with van der Waals surface area (Å²) in [6.45, 7) is 1.79. The summed E-state index contributed by atoms with van der Waals surface area (Å²) >= 11 is 11.9. The van der Waals surface area contributed by atoms with Crippen LogP contribution in [0.4, 0.5) is 10.1 Å². The number of pyridine rings is 1. The predicted molar refractivity (Wildman–Crippen MR) is 73.3 cm³/mol. The lowest BCUT2D eigenvalue weighted by molar-refractivity contribution is 0.102. The van der Waals surface area contributed by atoms with Gasteiger partial charge in [0.25, 0.3) is 5.91 Å². The topological polar surface area (TPSA) is 42.0 Å². The van der Waals surface area contributed by atoms with Crippen LogP contribution in [0.25, 0.3) is 0 Å². The largest absolute Gasteiger partial charge is 0.320 e. The van der Waals surface area contributed by atoms with E-state index in [1.54, 1.807) is 13.0 Å². The summed E-state index contributed by atoms with van der Waals surface area (Å²) < 4.78 is 13.4. The number of amides is 1. The van der Waals surface area contributed by atoms with Crippen LogP contribution in [0.1, 0.15) is 15.9 Å². The first-order chi connectivity index (χ1) is 8.99. The fourth-order valence-corrected chi connectivity index (χ4v) is 1.92. The van der Waals surface area contributed by atoms with Gasteiger partial charge in [0.1, 0.15) is 0 Å². The van der Waals surface area contributed by atoms with Gasteiger partial charge in [-0.05, 0) is 36.8 Å². The van der Waals surface area contributed by atoms with Crippen LogP contribution < -0.4 is 5.32 Å². The zero-order chi connectivity index (χ0) is 14.0. The molecule has 0 radical (unpaired) electrons. The Bertz CT molecular complexity index is 647. The Labute approximate surface area is 119 Å². The molecule has 3 nitrogen and oxygen atoms in total. The van der Waals surface area contributed by atoms with Crippen molar-refractivity contribution < 1.29 is 9.18 Å². The Morgan fingerprint density at radius 3 is 2.74 bits per heavy atom. The lowest BCUT2D eigenvalue weighted by atomic mass is 10.2. The van der Waals surface area contributed by atoms with Crippen LogP contribution in [0.3, 0.4) is 0 Å².